The van der Waals surface area contributed by atoms with Gasteiger partial charge < -0.3 is 25.0 Å². The highest BCUT2D eigenvalue weighted by Gasteiger charge is 2.57. The van der Waals surface area contributed by atoms with Crippen LogP contribution in [-0.2, 0) is 19.8 Å². The van der Waals surface area contributed by atoms with Crippen LogP contribution in [0, 0.1) is 0 Å². The van der Waals surface area contributed by atoms with Gasteiger partial charge in [-0.05, 0) is 39.3 Å². The molecule has 1 aliphatic rings. The van der Waals surface area contributed by atoms with Crippen molar-refractivity contribution in [3.05, 3.63) is 65.7 Å². The zero-order valence-corrected chi connectivity index (χ0v) is 19.0. The van der Waals surface area contributed by atoms with Crippen molar-refractivity contribution in [3.8, 4) is 0 Å². The van der Waals surface area contributed by atoms with E-state index in [9.17, 15) is 14.4 Å². The van der Waals surface area contributed by atoms with Crippen molar-refractivity contribution in [2.45, 2.75) is 44.9 Å². The number of carbonyl (C=O) groups is 3. The summed E-state index contributed by atoms with van der Waals surface area (Å²) >= 11 is 0. The van der Waals surface area contributed by atoms with Crippen LogP contribution >= 0.6 is 0 Å². The van der Waals surface area contributed by atoms with E-state index in [2.05, 4.69) is 10.6 Å². The summed E-state index contributed by atoms with van der Waals surface area (Å²) in [6.45, 7) is 7.06. The minimum Gasteiger partial charge on any atom is -0.450 e. The number of alkyl carbamates (subject to hydrolysis) is 2. The van der Waals surface area contributed by atoms with Crippen molar-refractivity contribution in [2.24, 2.45) is 0 Å². The highest BCUT2D eigenvalue weighted by Crippen LogP contribution is 2.46. The summed E-state index contributed by atoms with van der Waals surface area (Å²) in [5, 5.41) is 5.61. The van der Waals surface area contributed by atoms with E-state index in [0.717, 1.165) is 0 Å². The number of hydrogen-bond acceptors (Lipinski definition) is 5. The molecular weight excluding hydrogens is 410 g/mol. The van der Waals surface area contributed by atoms with Crippen molar-refractivity contribution in [1.82, 2.24) is 10.6 Å². The minimum atomic E-state index is -1.64. The van der Waals surface area contributed by atoms with Gasteiger partial charge in [0.1, 0.15) is 5.60 Å². The van der Waals surface area contributed by atoms with Gasteiger partial charge in [-0.2, -0.15) is 0 Å². The number of ether oxygens (including phenoxy) is 2. The fraction of sp³-hybridized carbons (Fsp3) is 0.375. The van der Waals surface area contributed by atoms with Crippen LogP contribution in [0.5, 0.6) is 0 Å². The highest BCUT2D eigenvalue weighted by molar-refractivity contribution is 6.09. The molecule has 3 rings (SSSR count). The lowest BCUT2D eigenvalue weighted by Crippen LogP contribution is -2.60. The van der Waals surface area contributed by atoms with Crippen LogP contribution in [0.2, 0.25) is 0 Å². The first kappa shape index (κ1) is 23.1. The van der Waals surface area contributed by atoms with Gasteiger partial charge in [-0.15, -0.1) is 0 Å². The summed E-state index contributed by atoms with van der Waals surface area (Å²) in [6, 6.07) is 15.2. The van der Waals surface area contributed by atoms with E-state index < -0.39 is 35.3 Å². The molecule has 0 spiro atoms. The molecule has 8 heteroatoms. The zero-order chi connectivity index (χ0) is 23.5. The van der Waals surface area contributed by atoms with E-state index in [0.29, 0.717) is 16.8 Å². The molecule has 2 aromatic rings. The summed E-state index contributed by atoms with van der Waals surface area (Å²) in [6.07, 6.45) is -1.48. The van der Waals surface area contributed by atoms with Crippen molar-refractivity contribution in [1.29, 1.82) is 0 Å². The average molecular weight is 440 g/mol. The first-order valence-corrected chi connectivity index (χ1v) is 10.5. The molecule has 0 radical (unpaired) electrons. The number of likely N-dealkylation sites (N-methyl/N-ethyl adjacent to an activating group) is 1. The van der Waals surface area contributed by atoms with Gasteiger partial charge in [-0.25, -0.2) is 9.59 Å². The van der Waals surface area contributed by atoms with Crippen LogP contribution < -0.4 is 15.5 Å². The normalized spacial score (nSPS) is 18.5. The second kappa shape index (κ2) is 8.90. The number of nitrogens with one attached hydrogen (secondary N) is 2. The van der Waals surface area contributed by atoms with Gasteiger partial charge in [0.05, 0.1) is 12.6 Å². The maximum atomic E-state index is 13.8. The Bertz CT molecular complexity index is 1000. The summed E-state index contributed by atoms with van der Waals surface area (Å²) in [4.78, 5) is 40.8. The van der Waals surface area contributed by atoms with E-state index in [1.165, 1.54) is 4.90 Å². The quantitative estimate of drug-likeness (QED) is 0.737. The predicted octanol–water partition coefficient (Wildman–Crippen LogP) is 3.87. The Morgan fingerprint density at radius 1 is 1.03 bits per heavy atom. The van der Waals surface area contributed by atoms with Gasteiger partial charge in [0, 0.05) is 18.3 Å². The molecule has 2 aromatic carbocycles. The lowest BCUT2D eigenvalue weighted by atomic mass is 9.80. The van der Waals surface area contributed by atoms with E-state index in [-0.39, 0.29) is 6.61 Å². The Kier molecular flexibility index (Phi) is 6.43. The van der Waals surface area contributed by atoms with Gasteiger partial charge in [-0.3, -0.25) is 4.79 Å². The standard InChI is InChI=1S/C24H29N3O5/c1-6-31-22(30)26-24(17-14-10-11-15-18(17)27(5)20(24)28)19(16-12-8-7-9-13-16)25-21(29)32-23(2,3)4/h7-15,19H,6H2,1-5H3,(H,25,29)(H,26,30)/t19-,24?/m0/s1. The Hall–Kier alpha value is -3.55. The molecule has 2 N–H and O–H groups in total. The Labute approximate surface area is 187 Å². The number of carbonyl (C=O) groups excluding carboxylic acids is 3. The summed E-state index contributed by atoms with van der Waals surface area (Å²) < 4.78 is 10.6. The number of amides is 3. The second-order valence-electron chi connectivity index (χ2n) is 8.52. The molecule has 0 aromatic heterocycles. The highest BCUT2D eigenvalue weighted by atomic mass is 16.6. The van der Waals surface area contributed by atoms with Crippen LogP contribution in [0.1, 0.15) is 44.9 Å². The lowest BCUT2D eigenvalue weighted by Gasteiger charge is -2.37. The van der Waals surface area contributed by atoms with E-state index in [4.69, 9.17) is 9.47 Å². The van der Waals surface area contributed by atoms with E-state index >= 15 is 0 Å². The first-order chi connectivity index (χ1) is 15.1. The van der Waals surface area contributed by atoms with Crippen LogP contribution in [0.15, 0.2) is 54.6 Å². The number of hydrogen-bond donors (Lipinski definition) is 2. The number of anilines is 1. The van der Waals surface area contributed by atoms with Crippen molar-refractivity contribution < 1.29 is 23.9 Å². The Morgan fingerprint density at radius 2 is 1.66 bits per heavy atom. The minimum absolute atomic E-state index is 0.128. The van der Waals surface area contributed by atoms with Gasteiger partial charge in [-0.1, -0.05) is 48.5 Å². The summed E-state index contributed by atoms with van der Waals surface area (Å²) in [5.41, 5.74) is -0.600. The second-order valence-corrected chi connectivity index (χ2v) is 8.52. The van der Waals surface area contributed by atoms with Crippen LogP contribution in [0.25, 0.3) is 0 Å². The molecule has 0 aliphatic carbocycles. The molecule has 3 amide bonds. The summed E-state index contributed by atoms with van der Waals surface area (Å²) in [5.74, 6) is -0.406. The van der Waals surface area contributed by atoms with Gasteiger partial charge in [0.15, 0.2) is 5.54 Å². The topological polar surface area (TPSA) is 97.0 Å². The molecule has 0 bridgehead atoms. The average Bonchev–Trinajstić information content (AvgIpc) is 2.94. The van der Waals surface area contributed by atoms with Crippen LogP contribution in [-0.4, -0.2) is 37.3 Å². The number of fused-ring (bicyclic) bond motifs is 1. The molecule has 2 atom stereocenters. The number of para-hydroxylation sites is 1. The molecular formula is C24H29N3O5. The molecule has 1 heterocycles. The molecule has 1 unspecified atom stereocenters. The smallest absolute Gasteiger partial charge is 0.408 e. The zero-order valence-electron chi connectivity index (χ0n) is 19.0. The predicted molar refractivity (Wildman–Crippen MR) is 120 cm³/mol. The van der Waals surface area contributed by atoms with E-state index in [1.807, 2.05) is 12.1 Å². The molecule has 0 fully saturated rings. The molecule has 0 saturated carbocycles. The Balaban J connectivity index is 2.20. The third-order valence-corrected chi connectivity index (χ3v) is 5.13. The molecule has 8 nitrogen and oxygen atoms in total. The number of nitrogens with zero attached hydrogens (tertiary/aromatic N) is 1. The maximum absolute atomic E-state index is 13.8. The molecule has 0 saturated heterocycles. The number of rotatable bonds is 5. The van der Waals surface area contributed by atoms with Crippen LogP contribution in [0.4, 0.5) is 15.3 Å². The molecule has 1 aliphatic heterocycles. The lowest BCUT2D eigenvalue weighted by molar-refractivity contribution is -0.125. The maximum Gasteiger partial charge on any atom is 0.408 e. The Morgan fingerprint density at radius 3 is 2.28 bits per heavy atom. The SMILES string of the molecule is CCOC(=O)NC1([C@@H](NC(=O)OC(C)(C)C)c2ccccc2)C(=O)N(C)c2ccccc21. The molecule has 32 heavy (non-hydrogen) atoms. The fourth-order valence-corrected chi connectivity index (χ4v) is 3.90. The largest absolute Gasteiger partial charge is 0.450 e. The third kappa shape index (κ3) is 4.39. The molecule has 170 valence electrons. The fourth-order valence-electron chi connectivity index (χ4n) is 3.90. The third-order valence-electron chi connectivity index (χ3n) is 5.13. The van der Waals surface area contributed by atoms with E-state index in [1.54, 1.807) is 77.2 Å². The van der Waals surface area contributed by atoms with Crippen molar-refractivity contribution >= 4 is 23.8 Å². The number of benzene rings is 2. The van der Waals surface area contributed by atoms with Gasteiger partial charge in [0.25, 0.3) is 5.91 Å². The summed E-state index contributed by atoms with van der Waals surface area (Å²) in [7, 11) is 1.63. The van der Waals surface area contributed by atoms with Crippen molar-refractivity contribution in [2.75, 3.05) is 18.6 Å². The monoisotopic (exact) mass is 439 g/mol. The van der Waals surface area contributed by atoms with Gasteiger partial charge >= 0.3 is 12.2 Å². The van der Waals surface area contributed by atoms with Crippen LogP contribution in [0.3, 0.4) is 0 Å². The first-order valence-electron chi connectivity index (χ1n) is 10.5. The van der Waals surface area contributed by atoms with Gasteiger partial charge in [0.2, 0.25) is 0 Å². The van der Waals surface area contributed by atoms with Crippen molar-refractivity contribution in [3.63, 3.8) is 0 Å².